The molecular formula is C13H17N3O2S. The van der Waals surface area contributed by atoms with E-state index in [0.717, 1.165) is 29.5 Å². The highest BCUT2D eigenvalue weighted by Gasteiger charge is 2.04. The number of hydrogen-bond donors (Lipinski definition) is 2. The number of nitrogens with two attached hydrogens (primary N) is 1. The van der Waals surface area contributed by atoms with Crippen LogP contribution in [0.4, 0.5) is 10.8 Å². The third-order valence-corrected chi connectivity index (χ3v) is 3.45. The zero-order valence-electron chi connectivity index (χ0n) is 11.0. The number of anilines is 2. The van der Waals surface area contributed by atoms with Crippen molar-refractivity contribution in [3.05, 3.63) is 29.8 Å². The van der Waals surface area contributed by atoms with Crippen LogP contribution in [0.25, 0.3) is 0 Å². The van der Waals surface area contributed by atoms with Crippen molar-refractivity contribution in [2.24, 2.45) is 0 Å². The van der Waals surface area contributed by atoms with E-state index in [2.05, 4.69) is 9.69 Å². The molecule has 0 aliphatic heterocycles. The molecule has 0 aliphatic carbocycles. The first kappa shape index (κ1) is 13.5. The van der Waals surface area contributed by atoms with Crippen molar-refractivity contribution in [1.29, 1.82) is 0 Å². The van der Waals surface area contributed by atoms with Crippen molar-refractivity contribution in [3.8, 4) is 11.5 Å². The molecule has 0 unspecified atom stereocenters. The van der Waals surface area contributed by atoms with E-state index in [-0.39, 0.29) is 0 Å². The molecule has 2 rings (SSSR count). The van der Waals surface area contributed by atoms with Gasteiger partial charge in [-0.15, -0.1) is 0 Å². The first-order chi connectivity index (χ1) is 9.22. The van der Waals surface area contributed by atoms with Crippen molar-refractivity contribution in [1.82, 2.24) is 4.37 Å². The number of nitrogen functional groups attached to an aromatic ring is 1. The quantitative estimate of drug-likeness (QED) is 0.849. The van der Waals surface area contributed by atoms with E-state index in [1.165, 1.54) is 17.1 Å². The Morgan fingerprint density at radius 2 is 2.00 bits per heavy atom. The summed E-state index contributed by atoms with van der Waals surface area (Å²) in [7, 11) is 3.27. The smallest absolute Gasteiger partial charge is 0.160 e. The second-order valence-corrected chi connectivity index (χ2v) is 4.79. The number of ether oxygens (including phenoxy) is 2. The second kappa shape index (κ2) is 6.29. The number of rotatable bonds is 6. The summed E-state index contributed by atoms with van der Waals surface area (Å²) in [5, 5.41) is 4.27. The number of nitrogens with zero attached hydrogens (tertiary/aromatic N) is 1. The van der Waals surface area contributed by atoms with Gasteiger partial charge in [-0.3, -0.25) is 0 Å². The van der Waals surface area contributed by atoms with Crippen molar-refractivity contribution in [3.63, 3.8) is 0 Å². The van der Waals surface area contributed by atoms with Crippen molar-refractivity contribution in [2.45, 2.75) is 6.42 Å². The van der Waals surface area contributed by atoms with Crippen LogP contribution in [0, 0.1) is 0 Å². The number of hydrogen-bond acceptors (Lipinski definition) is 6. The lowest BCUT2D eigenvalue weighted by molar-refractivity contribution is 0.354. The topological polar surface area (TPSA) is 69.4 Å². The second-order valence-electron chi connectivity index (χ2n) is 3.98. The van der Waals surface area contributed by atoms with E-state index in [1.807, 2.05) is 24.3 Å². The minimum Gasteiger partial charge on any atom is -0.493 e. The molecule has 2 aromatic rings. The number of aromatic nitrogens is 1. The largest absolute Gasteiger partial charge is 0.493 e. The molecule has 19 heavy (non-hydrogen) atoms. The molecule has 102 valence electrons. The minimum absolute atomic E-state index is 0.554. The van der Waals surface area contributed by atoms with E-state index in [4.69, 9.17) is 15.2 Å². The van der Waals surface area contributed by atoms with Crippen LogP contribution < -0.4 is 20.5 Å². The Bertz CT molecular complexity index is 542. The molecule has 3 N–H and O–H groups in total. The Hall–Kier alpha value is -1.95. The lowest BCUT2D eigenvalue weighted by Crippen LogP contribution is -2.04. The Morgan fingerprint density at radius 1 is 1.21 bits per heavy atom. The van der Waals surface area contributed by atoms with Gasteiger partial charge in [0, 0.05) is 12.6 Å². The summed E-state index contributed by atoms with van der Waals surface area (Å²) < 4.78 is 14.5. The molecule has 1 aromatic heterocycles. The van der Waals surface area contributed by atoms with Crippen molar-refractivity contribution in [2.75, 3.05) is 31.8 Å². The molecule has 0 spiro atoms. The lowest BCUT2D eigenvalue weighted by atomic mass is 10.1. The van der Waals surface area contributed by atoms with E-state index in [9.17, 15) is 0 Å². The number of benzene rings is 1. The van der Waals surface area contributed by atoms with Crippen molar-refractivity contribution < 1.29 is 9.47 Å². The van der Waals surface area contributed by atoms with Crippen LogP contribution in [0.2, 0.25) is 0 Å². The van der Waals surface area contributed by atoms with Gasteiger partial charge >= 0.3 is 0 Å². The van der Waals surface area contributed by atoms with E-state index >= 15 is 0 Å². The van der Waals surface area contributed by atoms with Gasteiger partial charge in [-0.05, 0) is 35.6 Å². The van der Waals surface area contributed by atoms with Crippen LogP contribution in [-0.2, 0) is 6.42 Å². The van der Waals surface area contributed by atoms with E-state index < -0.39 is 0 Å². The Morgan fingerprint density at radius 3 is 2.63 bits per heavy atom. The van der Waals surface area contributed by atoms with Gasteiger partial charge in [-0.25, -0.2) is 0 Å². The highest BCUT2D eigenvalue weighted by molar-refractivity contribution is 7.10. The lowest BCUT2D eigenvalue weighted by Gasteiger charge is -2.09. The molecule has 1 aromatic carbocycles. The maximum Gasteiger partial charge on any atom is 0.160 e. The molecule has 0 atom stereocenters. The standard InChI is InChI=1S/C13H17N3O2S/c1-17-10-4-3-9(7-11(10)18-2)5-6-15-13-8-12(14)16-19-13/h3-4,7-8,15H,5-6H2,1-2H3,(H2,14,16). The summed E-state index contributed by atoms with van der Waals surface area (Å²) in [5.74, 6) is 2.05. The molecule has 1 heterocycles. The van der Waals surface area contributed by atoms with Crippen molar-refractivity contribution >= 4 is 22.4 Å². The average Bonchev–Trinajstić information content (AvgIpc) is 2.84. The maximum atomic E-state index is 5.56. The molecule has 0 aliphatic rings. The SMILES string of the molecule is COc1ccc(CCNc2cc(N)ns2)cc1OC. The Balaban J connectivity index is 1.92. The van der Waals surface area contributed by atoms with Gasteiger partial charge in [0.1, 0.15) is 10.8 Å². The number of nitrogens with one attached hydrogen (secondary N) is 1. The normalized spacial score (nSPS) is 10.2. The van der Waals surface area contributed by atoms with Gasteiger partial charge in [-0.1, -0.05) is 6.07 Å². The van der Waals surface area contributed by atoms with Gasteiger partial charge in [-0.2, -0.15) is 4.37 Å². The zero-order chi connectivity index (χ0) is 13.7. The molecule has 6 heteroatoms. The Kier molecular flexibility index (Phi) is 4.46. The predicted molar refractivity (Wildman–Crippen MR) is 78.3 cm³/mol. The summed E-state index contributed by atoms with van der Waals surface area (Å²) >= 11 is 1.37. The van der Waals surface area contributed by atoms with Crippen LogP contribution in [0.5, 0.6) is 11.5 Å². The molecule has 0 saturated carbocycles. The van der Waals surface area contributed by atoms with Gasteiger partial charge in [0.2, 0.25) is 0 Å². The predicted octanol–water partition coefficient (Wildman–Crippen LogP) is 2.40. The molecule has 0 amide bonds. The summed E-state index contributed by atoms with van der Waals surface area (Å²) in [6, 6.07) is 7.77. The fraction of sp³-hybridized carbons (Fsp3) is 0.308. The molecule has 0 radical (unpaired) electrons. The van der Waals surface area contributed by atoms with Gasteiger partial charge in [0.15, 0.2) is 11.5 Å². The van der Waals surface area contributed by atoms with Crippen LogP contribution in [0.15, 0.2) is 24.3 Å². The van der Waals surface area contributed by atoms with Crippen LogP contribution in [-0.4, -0.2) is 25.1 Å². The third-order valence-electron chi connectivity index (χ3n) is 2.69. The van der Waals surface area contributed by atoms with Crippen LogP contribution in [0.3, 0.4) is 0 Å². The fourth-order valence-electron chi connectivity index (χ4n) is 1.74. The molecule has 0 fully saturated rings. The van der Waals surface area contributed by atoms with E-state index in [1.54, 1.807) is 14.2 Å². The maximum absolute atomic E-state index is 5.56. The molecule has 0 bridgehead atoms. The van der Waals surface area contributed by atoms with Gasteiger partial charge < -0.3 is 20.5 Å². The summed E-state index contributed by atoms with van der Waals surface area (Å²) in [4.78, 5) is 0. The summed E-state index contributed by atoms with van der Waals surface area (Å²) in [6.07, 6.45) is 0.887. The zero-order valence-corrected chi connectivity index (χ0v) is 11.8. The molecule has 0 saturated heterocycles. The van der Waals surface area contributed by atoms with Gasteiger partial charge in [0.25, 0.3) is 0 Å². The number of methoxy groups -OCH3 is 2. The van der Waals surface area contributed by atoms with Gasteiger partial charge in [0.05, 0.1) is 14.2 Å². The molecular weight excluding hydrogens is 262 g/mol. The first-order valence-electron chi connectivity index (χ1n) is 5.90. The fourth-order valence-corrected chi connectivity index (χ4v) is 2.33. The monoisotopic (exact) mass is 279 g/mol. The first-order valence-corrected chi connectivity index (χ1v) is 6.67. The highest BCUT2D eigenvalue weighted by atomic mass is 32.1. The average molecular weight is 279 g/mol. The minimum atomic E-state index is 0.554. The Labute approximate surface area is 116 Å². The summed E-state index contributed by atoms with van der Waals surface area (Å²) in [6.45, 7) is 0.817. The molecule has 5 nitrogen and oxygen atoms in total. The van der Waals surface area contributed by atoms with Crippen LogP contribution in [0.1, 0.15) is 5.56 Å². The van der Waals surface area contributed by atoms with E-state index in [0.29, 0.717) is 5.82 Å². The highest BCUT2D eigenvalue weighted by Crippen LogP contribution is 2.27. The third kappa shape index (κ3) is 3.51. The summed E-state index contributed by atoms with van der Waals surface area (Å²) in [5.41, 5.74) is 6.74. The van der Waals surface area contributed by atoms with Crippen LogP contribution >= 0.6 is 11.5 Å².